The van der Waals surface area contributed by atoms with E-state index in [1.165, 1.54) is 173 Å². The summed E-state index contributed by atoms with van der Waals surface area (Å²) in [7, 11) is -6.69. The van der Waals surface area contributed by atoms with Crippen LogP contribution in [-0.2, 0) is 41.6 Å². The van der Waals surface area contributed by atoms with Gasteiger partial charge in [-0.15, -0.1) is 0 Å². The number of carbonyl (C=O) groups excluding carboxylic acids is 7. The van der Waals surface area contributed by atoms with Gasteiger partial charge in [0.1, 0.15) is 24.6 Å². The van der Waals surface area contributed by atoms with E-state index in [1.807, 2.05) is 13.7 Å². The Bertz CT molecular complexity index is 1800. The maximum atomic E-state index is 12.8. The lowest BCUT2D eigenvalue weighted by atomic mass is 9.83. The number of hydrogen-bond acceptors (Lipinski definition) is 14. The Labute approximate surface area is 571 Å². The summed E-state index contributed by atoms with van der Waals surface area (Å²) in [5, 5.41) is 21.7. The van der Waals surface area contributed by atoms with Crippen LogP contribution in [0.5, 0.6) is 0 Å². The molecule has 0 aromatic heterocycles. The highest BCUT2D eigenvalue weighted by atomic mass is 28.5. The number of amides is 4. The standard InChI is InChI=1S/C69H140N4O12Si3.C2H2O.CH2O/c1-11-13-15-17-19-21-23-25-27-29-31-33-35-41-49-63(3)61-82-67(78)72-54-45-38-37-43-52-70-65(76)80-57-47-59-86(5,6)84-88(9,10)85-87(7,8)60-48-58-81-66(77)71-53-44-39-40-46-55-73-68(79)83-69(62-75,51-56-74)64(4)50-42-36-34-32-30-28-26-24-22-20-18-16-14-12-2;1-2-3;1-2/h56,63-64,75H,11-55,57-62H2,1-10H3,(H,70,76)(H,71,77)(H,72,78)(H,73,79);1H2;1H2. The van der Waals surface area contributed by atoms with Crippen molar-refractivity contribution in [3.63, 3.8) is 0 Å². The highest BCUT2D eigenvalue weighted by Gasteiger charge is 2.40. The van der Waals surface area contributed by atoms with Gasteiger partial charge in [0.05, 0.1) is 26.4 Å². The fraction of sp³-hybridized carbons (Fsp3) is 0.889. The summed E-state index contributed by atoms with van der Waals surface area (Å²) in [5.41, 5.74) is -1.22. The Kier molecular flexibility index (Phi) is 66.1. The van der Waals surface area contributed by atoms with E-state index in [0.717, 1.165) is 102 Å². The molecule has 0 aliphatic carbocycles. The van der Waals surface area contributed by atoms with Crippen LogP contribution >= 0.6 is 0 Å². The predicted octanol–water partition coefficient (Wildman–Crippen LogP) is 19.1. The van der Waals surface area contributed by atoms with Crippen LogP contribution in [-0.4, -0.2) is 132 Å². The van der Waals surface area contributed by atoms with Gasteiger partial charge < -0.3 is 63.1 Å². The third-order valence-electron chi connectivity index (χ3n) is 17.1. The number of rotatable bonds is 63. The van der Waals surface area contributed by atoms with Crippen molar-refractivity contribution in [1.82, 2.24) is 21.3 Å². The Morgan fingerprint density at radius 2 is 0.753 bits per heavy atom. The Balaban J connectivity index is -0.0000157. The second-order valence-corrected chi connectivity index (χ2v) is 40.1. The van der Waals surface area contributed by atoms with Crippen molar-refractivity contribution in [3.8, 4) is 0 Å². The summed E-state index contributed by atoms with van der Waals surface area (Å²) in [4.78, 5) is 78.0. The third kappa shape index (κ3) is 64.2. The van der Waals surface area contributed by atoms with Gasteiger partial charge in [-0.3, -0.25) is 0 Å². The second-order valence-electron chi connectivity index (χ2n) is 27.6. The van der Waals surface area contributed by atoms with Crippen LogP contribution < -0.4 is 21.3 Å². The number of unbranched alkanes of at least 4 members (excludes halogenated alkanes) is 32. The lowest BCUT2D eigenvalue weighted by Gasteiger charge is -2.38. The third-order valence-corrected chi connectivity index (χ3v) is 28.5. The molecule has 0 aliphatic heterocycles. The van der Waals surface area contributed by atoms with Crippen LogP contribution in [0.25, 0.3) is 0 Å². The molecule has 0 bridgehead atoms. The first-order valence-electron chi connectivity index (χ1n) is 37.2. The summed E-state index contributed by atoms with van der Waals surface area (Å²) in [6.45, 7) is 29.1. The number of aliphatic hydroxyl groups is 1. The smallest absolute Gasteiger partial charge is 0.407 e. The van der Waals surface area contributed by atoms with Crippen molar-refractivity contribution < 1.29 is 65.8 Å². The summed E-state index contributed by atoms with van der Waals surface area (Å²) in [6.07, 6.45) is 46.0. The number of aldehydes is 1. The summed E-state index contributed by atoms with van der Waals surface area (Å²) < 4.78 is 35.7. The lowest BCUT2D eigenvalue weighted by molar-refractivity contribution is -0.119. The molecule has 0 aromatic carbocycles. The van der Waals surface area contributed by atoms with Crippen molar-refractivity contribution >= 4 is 68.6 Å². The molecule has 0 aliphatic rings. The summed E-state index contributed by atoms with van der Waals surface area (Å²) in [5.74, 6) is 1.48. The first-order valence-corrected chi connectivity index (χ1v) is 46.3. The van der Waals surface area contributed by atoms with Crippen LogP contribution in [0, 0.1) is 11.8 Å². The fourth-order valence-electron chi connectivity index (χ4n) is 11.8. The van der Waals surface area contributed by atoms with E-state index in [4.69, 9.17) is 36.8 Å². The van der Waals surface area contributed by atoms with Gasteiger partial charge in [-0.2, -0.15) is 0 Å². The number of nitrogens with one attached hydrogen (secondary N) is 4. The number of hydrogen-bond donors (Lipinski definition) is 5. The molecule has 5 N–H and O–H groups in total. The maximum Gasteiger partial charge on any atom is 0.407 e. The van der Waals surface area contributed by atoms with Crippen LogP contribution in [0.3, 0.4) is 0 Å². The number of ether oxygens (including phenoxy) is 4. The molecular formula is C72H144N4O14Si3. The van der Waals surface area contributed by atoms with E-state index in [0.29, 0.717) is 58.3 Å². The molecule has 3 unspecified atom stereocenters. The van der Waals surface area contributed by atoms with Gasteiger partial charge in [0.15, 0.2) is 16.6 Å². The molecular weight excluding hydrogens is 1230 g/mol. The molecule has 548 valence electrons. The molecule has 0 rings (SSSR count). The van der Waals surface area contributed by atoms with E-state index in [2.05, 4.69) is 87.9 Å². The monoisotopic (exact) mass is 1370 g/mol. The summed E-state index contributed by atoms with van der Waals surface area (Å²) in [6, 6.07) is 1.67. The summed E-state index contributed by atoms with van der Waals surface area (Å²) >= 11 is 0. The van der Waals surface area contributed by atoms with Crippen molar-refractivity contribution in [3.05, 3.63) is 6.58 Å². The molecule has 0 saturated carbocycles. The zero-order valence-corrected chi connectivity index (χ0v) is 64.5. The van der Waals surface area contributed by atoms with E-state index in [9.17, 15) is 29.1 Å². The first kappa shape index (κ1) is 93.6. The highest BCUT2D eigenvalue weighted by molar-refractivity contribution is 6.87. The number of carbonyl (C=O) groups is 6. The van der Waals surface area contributed by atoms with Crippen molar-refractivity contribution in [1.29, 1.82) is 0 Å². The van der Waals surface area contributed by atoms with Gasteiger partial charge in [-0.1, -0.05) is 233 Å². The largest absolute Gasteiger partial charge is 0.450 e. The topological polar surface area (TPSA) is 243 Å². The normalized spacial score (nSPS) is 12.7. The molecule has 0 spiro atoms. The molecule has 0 heterocycles. The predicted molar refractivity (Wildman–Crippen MR) is 390 cm³/mol. The zero-order chi connectivity index (χ0) is 70.0. The van der Waals surface area contributed by atoms with Gasteiger partial charge in [0.2, 0.25) is 0 Å². The number of aliphatic hydroxyl groups excluding tert-OH is 1. The zero-order valence-electron chi connectivity index (χ0n) is 61.5. The molecule has 0 fully saturated rings. The van der Waals surface area contributed by atoms with Gasteiger partial charge in [0, 0.05) is 32.6 Å². The van der Waals surface area contributed by atoms with Crippen LogP contribution in [0.15, 0.2) is 6.58 Å². The van der Waals surface area contributed by atoms with Crippen LogP contribution in [0.2, 0.25) is 51.4 Å². The van der Waals surface area contributed by atoms with E-state index in [1.54, 1.807) is 0 Å². The Morgan fingerprint density at radius 1 is 0.462 bits per heavy atom. The molecule has 93 heavy (non-hydrogen) atoms. The minimum absolute atomic E-state index is 0.0369. The van der Waals surface area contributed by atoms with E-state index in [-0.39, 0.29) is 18.4 Å². The van der Waals surface area contributed by atoms with Gasteiger partial charge in [-0.05, 0) is 121 Å². The average Bonchev–Trinajstić information content (AvgIpc) is 0.894. The Hall–Kier alpha value is -3.60. The van der Waals surface area contributed by atoms with Crippen molar-refractivity contribution in [2.45, 2.75) is 348 Å². The minimum Gasteiger partial charge on any atom is -0.450 e. The SMILES string of the molecule is C=C=O.C=O.CCCCCCCCCCCCCCCCC(C)COC(=O)NCCCCCCNC(=O)OCCC[Si](C)(C)O[Si](C)(C)O[Si](C)(C)CCCOC(=O)NCCCCCCNC(=O)OC(CO)(CC=O)C(C)CCCCCCCCCCCCCCCC. The number of alkyl carbamates (subject to hydrolysis) is 4. The molecule has 3 atom stereocenters. The van der Waals surface area contributed by atoms with Crippen LogP contribution in [0.4, 0.5) is 19.2 Å². The molecule has 18 nitrogen and oxygen atoms in total. The van der Waals surface area contributed by atoms with Crippen molar-refractivity contribution in [2.24, 2.45) is 11.8 Å². The Morgan fingerprint density at radius 3 is 1.08 bits per heavy atom. The fourth-order valence-corrected chi connectivity index (χ4v) is 25.8. The highest BCUT2D eigenvalue weighted by Crippen LogP contribution is 2.31. The molecule has 0 aromatic rings. The maximum absolute atomic E-state index is 12.8. The van der Waals surface area contributed by atoms with Crippen LogP contribution in [0.1, 0.15) is 291 Å². The minimum atomic E-state index is -2.47. The molecule has 4 amide bonds. The van der Waals surface area contributed by atoms with E-state index >= 15 is 0 Å². The van der Waals surface area contributed by atoms with E-state index < -0.39 is 55.7 Å². The van der Waals surface area contributed by atoms with Gasteiger partial charge in [0.25, 0.3) is 0 Å². The quantitative estimate of drug-likeness (QED) is 0.0125. The van der Waals surface area contributed by atoms with Gasteiger partial charge >= 0.3 is 32.9 Å². The first-order chi connectivity index (χ1) is 44.7. The molecule has 0 radical (unpaired) electrons. The van der Waals surface area contributed by atoms with Gasteiger partial charge in [-0.25, -0.2) is 24.0 Å². The van der Waals surface area contributed by atoms with Crippen molar-refractivity contribution in [2.75, 3.05) is 52.6 Å². The molecule has 21 heteroatoms. The lowest BCUT2D eigenvalue weighted by Crippen LogP contribution is -2.52. The second kappa shape index (κ2) is 65.7. The molecule has 0 saturated heterocycles. The average molecular weight is 1370 g/mol.